The van der Waals surface area contributed by atoms with Gasteiger partial charge in [0, 0.05) is 11.8 Å². The Kier molecular flexibility index (Phi) is 4.29. The summed E-state index contributed by atoms with van der Waals surface area (Å²) in [5, 5.41) is 0. The van der Waals surface area contributed by atoms with Gasteiger partial charge in [0.2, 0.25) is 0 Å². The number of hydrogen-bond acceptors (Lipinski definition) is 1. The molecule has 0 saturated heterocycles. The molecule has 0 aliphatic heterocycles. The van der Waals surface area contributed by atoms with Crippen LogP contribution >= 0.6 is 0 Å². The van der Waals surface area contributed by atoms with Gasteiger partial charge in [-0.2, -0.15) is 0 Å². The number of rotatable bonds is 3. The molecule has 0 spiro atoms. The third-order valence-corrected chi connectivity index (χ3v) is 3.85. The van der Waals surface area contributed by atoms with Crippen molar-refractivity contribution in [2.45, 2.75) is 27.2 Å². The molecular formula is C22H23N. The minimum absolute atomic E-state index is 0.287. The van der Waals surface area contributed by atoms with E-state index in [1.165, 1.54) is 22.3 Å². The second kappa shape index (κ2) is 6.37. The van der Waals surface area contributed by atoms with Gasteiger partial charge in [-0.1, -0.05) is 75.4 Å². The Morgan fingerprint density at radius 2 is 1.35 bits per heavy atom. The van der Waals surface area contributed by atoms with E-state index in [-0.39, 0.29) is 5.41 Å². The number of benzene rings is 2. The van der Waals surface area contributed by atoms with Gasteiger partial charge in [0.25, 0.3) is 0 Å². The van der Waals surface area contributed by atoms with Crippen LogP contribution in [0.2, 0.25) is 0 Å². The first-order valence-corrected chi connectivity index (χ1v) is 8.12. The van der Waals surface area contributed by atoms with Crippen LogP contribution in [0.5, 0.6) is 0 Å². The van der Waals surface area contributed by atoms with Crippen LogP contribution in [0.3, 0.4) is 0 Å². The van der Waals surface area contributed by atoms with Crippen LogP contribution in [0.15, 0.2) is 72.9 Å². The van der Waals surface area contributed by atoms with Crippen molar-refractivity contribution in [2.24, 2.45) is 5.41 Å². The summed E-state index contributed by atoms with van der Waals surface area (Å²) in [5.41, 5.74) is 6.32. The van der Waals surface area contributed by atoms with E-state index in [1.807, 2.05) is 12.3 Å². The first-order valence-electron chi connectivity index (χ1n) is 8.12. The van der Waals surface area contributed by atoms with Crippen LogP contribution < -0.4 is 0 Å². The van der Waals surface area contributed by atoms with Gasteiger partial charge in [0.1, 0.15) is 0 Å². The van der Waals surface area contributed by atoms with Crippen molar-refractivity contribution in [3.05, 3.63) is 78.5 Å². The Bertz CT molecular complexity index is 765. The molecule has 3 rings (SSSR count). The van der Waals surface area contributed by atoms with Crippen LogP contribution in [-0.2, 0) is 6.42 Å². The molecule has 1 nitrogen and oxygen atoms in total. The van der Waals surface area contributed by atoms with Crippen LogP contribution in [0, 0.1) is 5.41 Å². The molecule has 116 valence electrons. The lowest BCUT2D eigenvalue weighted by Crippen LogP contribution is -2.09. The zero-order valence-electron chi connectivity index (χ0n) is 14.1. The van der Waals surface area contributed by atoms with Crippen LogP contribution in [0.25, 0.3) is 22.4 Å². The maximum absolute atomic E-state index is 4.54. The van der Waals surface area contributed by atoms with Crippen molar-refractivity contribution in [1.82, 2.24) is 4.98 Å². The van der Waals surface area contributed by atoms with E-state index in [2.05, 4.69) is 86.4 Å². The van der Waals surface area contributed by atoms with E-state index in [1.54, 1.807) is 0 Å². The van der Waals surface area contributed by atoms with Crippen LogP contribution in [0.4, 0.5) is 0 Å². The summed E-state index contributed by atoms with van der Waals surface area (Å²) < 4.78 is 0. The van der Waals surface area contributed by atoms with E-state index >= 15 is 0 Å². The van der Waals surface area contributed by atoms with Gasteiger partial charge in [-0.3, -0.25) is 4.98 Å². The second-order valence-corrected chi connectivity index (χ2v) is 7.23. The second-order valence-electron chi connectivity index (χ2n) is 7.23. The average Bonchev–Trinajstić information content (AvgIpc) is 2.55. The van der Waals surface area contributed by atoms with Crippen LogP contribution in [0.1, 0.15) is 26.3 Å². The lowest BCUT2D eigenvalue weighted by molar-refractivity contribution is 0.411. The van der Waals surface area contributed by atoms with Crippen molar-refractivity contribution in [3.8, 4) is 22.4 Å². The molecule has 1 aromatic heterocycles. The van der Waals surface area contributed by atoms with Crippen molar-refractivity contribution in [3.63, 3.8) is 0 Å². The van der Waals surface area contributed by atoms with Gasteiger partial charge >= 0.3 is 0 Å². The fraction of sp³-hybridized carbons (Fsp3) is 0.227. The molecule has 0 fully saturated rings. The number of aromatic nitrogens is 1. The minimum Gasteiger partial charge on any atom is -0.256 e. The molecule has 1 heterocycles. The van der Waals surface area contributed by atoms with Crippen molar-refractivity contribution in [1.29, 1.82) is 0 Å². The molecule has 2 aromatic carbocycles. The summed E-state index contributed by atoms with van der Waals surface area (Å²) >= 11 is 0. The SMILES string of the molecule is CC(C)(C)Cc1ccnc(-c2ccc(-c3ccccc3)cc2)c1. The summed E-state index contributed by atoms with van der Waals surface area (Å²) in [6.07, 6.45) is 2.98. The van der Waals surface area contributed by atoms with Crippen molar-refractivity contribution >= 4 is 0 Å². The predicted octanol–water partition coefficient (Wildman–Crippen LogP) is 6.00. The number of pyridine rings is 1. The molecule has 0 unspecified atom stereocenters. The van der Waals surface area contributed by atoms with Crippen molar-refractivity contribution in [2.75, 3.05) is 0 Å². The van der Waals surface area contributed by atoms with Gasteiger partial charge in [-0.25, -0.2) is 0 Å². The molecule has 23 heavy (non-hydrogen) atoms. The van der Waals surface area contributed by atoms with Gasteiger partial charge in [0.15, 0.2) is 0 Å². The molecule has 0 saturated carbocycles. The maximum atomic E-state index is 4.54. The predicted molar refractivity (Wildman–Crippen MR) is 98.3 cm³/mol. The zero-order chi connectivity index (χ0) is 16.3. The van der Waals surface area contributed by atoms with Crippen molar-refractivity contribution < 1.29 is 0 Å². The molecule has 0 atom stereocenters. The largest absolute Gasteiger partial charge is 0.256 e. The summed E-state index contributed by atoms with van der Waals surface area (Å²) in [7, 11) is 0. The fourth-order valence-electron chi connectivity index (χ4n) is 2.82. The Hall–Kier alpha value is -2.41. The molecule has 3 aromatic rings. The third-order valence-electron chi connectivity index (χ3n) is 3.85. The molecular weight excluding hydrogens is 278 g/mol. The highest BCUT2D eigenvalue weighted by atomic mass is 14.7. The highest BCUT2D eigenvalue weighted by molar-refractivity contribution is 5.68. The monoisotopic (exact) mass is 301 g/mol. The summed E-state index contributed by atoms with van der Waals surface area (Å²) in [5.74, 6) is 0. The highest BCUT2D eigenvalue weighted by Crippen LogP contribution is 2.26. The lowest BCUT2D eigenvalue weighted by Gasteiger charge is -2.18. The normalized spacial score (nSPS) is 11.4. The van der Waals surface area contributed by atoms with Gasteiger partial charge < -0.3 is 0 Å². The van der Waals surface area contributed by atoms with Crippen LogP contribution in [-0.4, -0.2) is 4.98 Å². The van der Waals surface area contributed by atoms with Gasteiger partial charge in [0.05, 0.1) is 5.69 Å². The maximum Gasteiger partial charge on any atom is 0.0704 e. The van der Waals surface area contributed by atoms with E-state index in [9.17, 15) is 0 Å². The van der Waals surface area contributed by atoms with E-state index in [4.69, 9.17) is 0 Å². The quantitative estimate of drug-likeness (QED) is 0.577. The highest BCUT2D eigenvalue weighted by Gasteiger charge is 2.12. The topological polar surface area (TPSA) is 12.9 Å². The molecule has 0 bridgehead atoms. The summed E-state index contributed by atoms with van der Waals surface area (Å²) in [4.78, 5) is 4.54. The molecule has 1 heteroatoms. The lowest BCUT2D eigenvalue weighted by atomic mass is 9.88. The molecule has 0 N–H and O–H groups in total. The summed E-state index contributed by atoms with van der Waals surface area (Å²) in [6.45, 7) is 6.80. The Morgan fingerprint density at radius 1 is 0.739 bits per heavy atom. The third kappa shape index (κ3) is 4.07. The van der Waals surface area contributed by atoms with Gasteiger partial charge in [-0.05, 0) is 40.7 Å². The Balaban J connectivity index is 1.86. The molecule has 0 amide bonds. The standard InChI is InChI=1S/C22H23N/c1-22(2,3)16-17-13-14-23-21(15-17)20-11-9-19(10-12-20)18-7-5-4-6-8-18/h4-15H,16H2,1-3H3. The zero-order valence-corrected chi connectivity index (χ0v) is 14.1. The van der Waals surface area contributed by atoms with E-state index < -0.39 is 0 Å². The Labute approximate surface area is 139 Å². The molecule has 0 aliphatic carbocycles. The van der Waals surface area contributed by atoms with Gasteiger partial charge in [-0.15, -0.1) is 0 Å². The van der Waals surface area contributed by atoms with E-state index in [0.717, 1.165) is 12.1 Å². The van der Waals surface area contributed by atoms with E-state index in [0.29, 0.717) is 0 Å². The first-order chi connectivity index (χ1) is 11.0. The molecule has 0 radical (unpaired) electrons. The minimum atomic E-state index is 0.287. The summed E-state index contributed by atoms with van der Waals surface area (Å²) in [6, 6.07) is 23.4. The fourth-order valence-corrected chi connectivity index (χ4v) is 2.82. The molecule has 0 aliphatic rings. The number of nitrogens with zero attached hydrogens (tertiary/aromatic N) is 1. The number of hydrogen-bond donors (Lipinski definition) is 0. The smallest absolute Gasteiger partial charge is 0.0704 e. The average molecular weight is 301 g/mol. The first kappa shape index (κ1) is 15.5. The Morgan fingerprint density at radius 3 is 2.00 bits per heavy atom.